The summed E-state index contributed by atoms with van der Waals surface area (Å²) in [6.45, 7) is 3.34. The Morgan fingerprint density at radius 3 is 2.61 bits per heavy atom. The molecule has 1 atom stereocenters. The lowest BCUT2D eigenvalue weighted by Crippen LogP contribution is -2.40. The molecule has 2 aromatic carbocycles. The van der Waals surface area contributed by atoms with Gasteiger partial charge in [0.2, 0.25) is 0 Å². The lowest BCUT2D eigenvalue weighted by molar-refractivity contribution is -0.385. The van der Waals surface area contributed by atoms with Crippen molar-refractivity contribution in [3.05, 3.63) is 85.8 Å². The van der Waals surface area contributed by atoms with Gasteiger partial charge in [0.1, 0.15) is 11.1 Å². The molecule has 0 bridgehead atoms. The molecule has 3 aromatic rings. The van der Waals surface area contributed by atoms with E-state index in [9.17, 15) is 24.5 Å². The number of imide groups is 1. The van der Waals surface area contributed by atoms with Gasteiger partial charge in [0, 0.05) is 23.6 Å². The zero-order valence-electron chi connectivity index (χ0n) is 16.9. The molecule has 1 aliphatic heterocycles. The van der Waals surface area contributed by atoms with Crippen LogP contribution >= 0.6 is 0 Å². The summed E-state index contributed by atoms with van der Waals surface area (Å²) in [5.74, 6) is -0.565. The molecule has 0 radical (unpaired) electrons. The quantitative estimate of drug-likeness (QED) is 0.292. The van der Waals surface area contributed by atoms with Crippen molar-refractivity contribution in [2.75, 3.05) is 0 Å². The van der Waals surface area contributed by atoms with E-state index in [1.165, 1.54) is 31.2 Å². The molecular weight excluding hydrogens is 402 g/mol. The third kappa shape index (κ3) is 3.43. The molecule has 31 heavy (non-hydrogen) atoms. The minimum Gasteiger partial charge on any atom is -0.423 e. The second-order valence-electron chi connectivity index (χ2n) is 7.53. The fourth-order valence-corrected chi connectivity index (χ4v) is 3.76. The van der Waals surface area contributed by atoms with E-state index in [1.54, 1.807) is 18.2 Å². The predicted octanol–water partition coefficient (Wildman–Crippen LogP) is 3.23. The first-order valence-corrected chi connectivity index (χ1v) is 9.67. The molecule has 158 valence electrons. The molecule has 1 saturated heterocycles. The van der Waals surface area contributed by atoms with Gasteiger partial charge in [-0.25, -0.2) is 9.59 Å². The first kappa shape index (κ1) is 20.3. The van der Waals surface area contributed by atoms with E-state index >= 15 is 0 Å². The molecular formula is C22H19N3O6. The van der Waals surface area contributed by atoms with Gasteiger partial charge in [-0.05, 0) is 36.1 Å². The van der Waals surface area contributed by atoms with Crippen molar-refractivity contribution >= 4 is 28.6 Å². The highest BCUT2D eigenvalue weighted by molar-refractivity contribution is 6.07. The zero-order chi connectivity index (χ0) is 22.3. The van der Waals surface area contributed by atoms with Crippen LogP contribution in [0.3, 0.4) is 0 Å². The van der Waals surface area contributed by atoms with E-state index in [0.29, 0.717) is 22.1 Å². The molecule has 3 amide bonds. The van der Waals surface area contributed by atoms with Crippen molar-refractivity contribution in [1.82, 2.24) is 10.2 Å². The summed E-state index contributed by atoms with van der Waals surface area (Å²) in [5.41, 5.74) is -0.0835. The summed E-state index contributed by atoms with van der Waals surface area (Å²) in [4.78, 5) is 49.5. The Bertz CT molecular complexity index is 1300. The van der Waals surface area contributed by atoms with Gasteiger partial charge in [0.05, 0.1) is 11.5 Å². The highest BCUT2D eigenvalue weighted by atomic mass is 16.6. The van der Waals surface area contributed by atoms with Crippen LogP contribution in [0.1, 0.15) is 30.5 Å². The number of non-ortho nitro benzene ring substituents is 1. The first-order chi connectivity index (χ1) is 14.7. The maximum Gasteiger partial charge on any atom is 0.336 e. The van der Waals surface area contributed by atoms with Gasteiger partial charge < -0.3 is 9.73 Å². The number of benzene rings is 2. The van der Waals surface area contributed by atoms with Gasteiger partial charge in [0.15, 0.2) is 0 Å². The number of carbonyl (C=O) groups excluding carboxylic acids is 2. The fraction of sp³-hybridized carbons (Fsp3) is 0.227. The average Bonchev–Trinajstić information content (AvgIpc) is 2.97. The van der Waals surface area contributed by atoms with Crippen LogP contribution in [-0.2, 0) is 23.3 Å². The number of nitro groups is 1. The second-order valence-corrected chi connectivity index (χ2v) is 7.53. The predicted molar refractivity (Wildman–Crippen MR) is 111 cm³/mol. The lowest BCUT2D eigenvalue weighted by atomic mass is 9.91. The van der Waals surface area contributed by atoms with Gasteiger partial charge >= 0.3 is 11.7 Å². The molecule has 0 spiro atoms. The number of nitrogens with zero attached hydrogens (tertiary/aromatic N) is 2. The van der Waals surface area contributed by atoms with Gasteiger partial charge in [-0.1, -0.05) is 31.2 Å². The van der Waals surface area contributed by atoms with Crippen LogP contribution in [0.4, 0.5) is 10.5 Å². The van der Waals surface area contributed by atoms with Gasteiger partial charge in [-0.2, -0.15) is 0 Å². The number of urea groups is 1. The van der Waals surface area contributed by atoms with Crippen LogP contribution < -0.4 is 10.9 Å². The van der Waals surface area contributed by atoms with Crippen molar-refractivity contribution in [2.45, 2.75) is 32.4 Å². The summed E-state index contributed by atoms with van der Waals surface area (Å²) in [5, 5.41) is 14.4. The zero-order valence-corrected chi connectivity index (χ0v) is 16.9. The molecule has 9 heteroatoms. The molecule has 9 nitrogen and oxygen atoms in total. The number of nitro benzene ring substituents is 1. The normalized spacial score (nSPS) is 18.5. The van der Waals surface area contributed by atoms with Crippen molar-refractivity contribution in [3.8, 4) is 0 Å². The van der Waals surface area contributed by atoms with Crippen LogP contribution in [0.2, 0.25) is 0 Å². The summed E-state index contributed by atoms with van der Waals surface area (Å²) >= 11 is 0. The largest absolute Gasteiger partial charge is 0.423 e. The Labute approximate surface area is 176 Å². The smallest absolute Gasteiger partial charge is 0.336 e. The summed E-state index contributed by atoms with van der Waals surface area (Å²) in [6.07, 6.45) is 0.762. The van der Waals surface area contributed by atoms with E-state index in [1.807, 2.05) is 13.0 Å². The van der Waals surface area contributed by atoms with Gasteiger partial charge in [-0.15, -0.1) is 0 Å². The van der Waals surface area contributed by atoms with E-state index in [4.69, 9.17) is 4.42 Å². The Kier molecular flexibility index (Phi) is 4.81. The van der Waals surface area contributed by atoms with Crippen LogP contribution in [0.25, 0.3) is 11.0 Å². The van der Waals surface area contributed by atoms with Crippen molar-refractivity contribution in [2.24, 2.45) is 0 Å². The second kappa shape index (κ2) is 7.35. The number of hydrogen-bond donors (Lipinski definition) is 1. The van der Waals surface area contributed by atoms with E-state index in [0.717, 1.165) is 16.9 Å². The molecule has 4 rings (SSSR count). The summed E-state index contributed by atoms with van der Waals surface area (Å²) < 4.78 is 5.29. The van der Waals surface area contributed by atoms with Crippen LogP contribution in [0.15, 0.2) is 57.7 Å². The molecule has 0 saturated carbocycles. The monoisotopic (exact) mass is 421 g/mol. The van der Waals surface area contributed by atoms with Crippen LogP contribution in [-0.4, -0.2) is 21.8 Å². The van der Waals surface area contributed by atoms with E-state index < -0.39 is 28.0 Å². The van der Waals surface area contributed by atoms with Crippen molar-refractivity contribution in [1.29, 1.82) is 0 Å². The maximum absolute atomic E-state index is 13.2. The van der Waals surface area contributed by atoms with Gasteiger partial charge in [0.25, 0.3) is 11.6 Å². The third-order valence-electron chi connectivity index (χ3n) is 5.54. The third-order valence-corrected chi connectivity index (χ3v) is 5.54. The van der Waals surface area contributed by atoms with Crippen molar-refractivity contribution in [3.63, 3.8) is 0 Å². The number of carbonyl (C=O) groups is 2. The van der Waals surface area contributed by atoms with Gasteiger partial charge in [-0.3, -0.25) is 19.8 Å². The number of amides is 3. The number of fused-ring (bicyclic) bond motifs is 1. The van der Waals surface area contributed by atoms with E-state index in [-0.39, 0.29) is 12.2 Å². The number of aryl methyl sites for hydroxylation is 1. The molecule has 0 aliphatic carbocycles. The summed E-state index contributed by atoms with van der Waals surface area (Å²) in [7, 11) is 0. The number of nitrogens with one attached hydrogen (secondary N) is 1. The Morgan fingerprint density at radius 2 is 1.90 bits per heavy atom. The molecule has 1 aliphatic rings. The molecule has 1 fully saturated rings. The van der Waals surface area contributed by atoms with Crippen LogP contribution in [0.5, 0.6) is 0 Å². The molecule has 1 unspecified atom stereocenters. The Hall–Kier alpha value is -4.01. The molecule has 1 aromatic heterocycles. The Morgan fingerprint density at radius 1 is 1.13 bits per heavy atom. The van der Waals surface area contributed by atoms with Crippen LogP contribution in [0, 0.1) is 10.1 Å². The van der Waals surface area contributed by atoms with Crippen molar-refractivity contribution < 1.29 is 18.9 Å². The standard InChI is InChI=1S/C22H19N3O6/c1-3-13-7-8-17-14(10-19(26)31-18(17)9-13)12-24-20(27)22(2,23-21(24)28)15-5-4-6-16(11-15)25(29)30/h4-11H,3,12H2,1-2H3,(H,23,28). The van der Waals surface area contributed by atoms with E-state index in [2.05, 4.69) is 5.32 Å². The summed E-state index contributed by atoms with van der Waals surface area (Å²) in [6, 6.07) is 11.7. The molecule has 1 N–H and O–H groups in total. The fourth-order valence-electron chi connectivity index (χ4n) is 3.76. The molecule has 2 heterocycles. The highest BCUT2D eigenvalue weighted by Gasteiger charge is 2.49. The number of rotatable bonds is 5. The average molecular weight is 421 g/mol. The maximum atomic E-state index is 13.2. The number of hydrogen-bond acceptors (Lipinski definition) is 6. The first-order valence-electron chi connectivity index (χ1n) is 9.67. The highest BCUT2D eigenvalue weighted by Crippen LogP contribution is 2.32. The minimum absolute atomic E-state index is 0.136. The Balaban J connectivity index is 1.72. The lowest BCUT2D eigenvalue weighted by Gasteiger charge is -2.22. The topological polar surface area (TPSA) is 123 Å². The minimum atomic E-state index is -1.46. The SMILES string of the molecule is CCc1ccc2c(CN3C(=O)NC(C)(c4cccc([N+](=O)[O-])c4)C3=O)cc(=O)oc2c1.